The third kappa shape index (κ3) is 4.15. The molecule has 0 spiro atoms. The van der Waals surface area contributed by atoms with Gasteiger partial charge in [-0.05, 0) is 54.7 Å². The van der Waals surface area contributed by atoms with Gasteiger partial charge in [-0.3, -0.25) is 0 Å². The molecule has 2 rings (SSSR count). The van der Waals surface area contributed by atoms with Crippen LogP contribution < -0.4 is 0 Å². The number of aliphatic hydroxyl groups is 1. The number of hydrogen-bond donors (Lipinski definition) is 1. The van der Waals surface area contributed by atoms with Crippen molar-refractivity contribution in [3.8, 4) is 0 Å². The first kappa shape index (κ1) is 17.1. The first-order valence-corrected chi connectivity index (χ1v) is 8.68. The maximum atomic E-state index is 10.9. The van der Waals surface area contributed by atoms with E-state index in [0.717, 1.165) is 37.2 Å². The SMILES string of the molecule is CCC(C)(C)C1CCC(O)(Cc2ccc(Cl)c(Cl)c2)CC1. The van der Waals surface area contributed by atoms with Crippen LogP contribution in [-0.4, -0.2) is 10.7 Å². The van der Waals surface area contributed by atoms with Crippen molar-refractivity contribution in [3.63, 3.8) is 0 Å². The number of halogens is 2. The molecule has 0 aliphatic heterocycles. The van der Waals surface area contributed by atoms with Crippen molar-refractivity contribution in [1.82, 2.24) is 0 Å². The van der Waals surface area contributed by atoms with E-state index in [1.54, 1.807) is 0 Å². The van der Waals surface area contributed by atoms with Crippen molar-refractivity contribution in [1.29, 1.82) is 0 Å². The van der Waals surface area contributed by atoms with E-state index in [9.17, 15) is 5.11 Å². The molecule has 0 aromatic heterocycles. The van der Waals surface area contributed by atoms with Crippen LogP contribution in [0.2, 0.25) is 10.0 Å². The maximum Gasteiger partial charge on any atom is 0.0688 e. The topological polar surface area (TPSA) is 20.2 Å². The summed E-state index contributed by atoms with van der Waals surface area (Å²) in [5.74, 6) is 0.719. The zero-order valence-corrected chi connectivity index (χ0v) is 14.8. The average Bonchev–Trinajstić information content (AvgIpc) is 2.43. The van der Waals surface area contributed by atoms with E-state index >= 15 is 0 Å². The molecule has 1 aromatic rings. The highest BCUT2D eigenvalue weighted by Gasteiger charge is 2.38. The van der Waals surface area contributed by atoms with E-state index in [2.05, 4.69) is 20.8 Å². The number of rotatable bonds is 4. The molecule has 1 fully saturated rings. The van der Waals surface area contributed by atoms with E-state index in [4.69, 9.17) is 23.2 Å². The summed E-state index contributed by atoms with van der Waals surface area (Å²) in [7, 11) is 0. The second kappa shape index (κ2) is 6.48. The molecule has 0 bridgehead atoms. The molecule has 1 N–H and O–H groups in total. The Morgan fingerprint density at radius 3 is 2.33 bits per heavy atom. The van der Waals surface area contributed by atoms with Crippen molar-refractivity contribution in [2.75, 3.05) is 0 Å². The Labute approximate surface area is 138 Å². The lowest BCUT2D eigenvalue weighted by Crippen LogP contribution is -2.39. The molecule has 21 heavy (non-hydrogen) atoms. The maximum absolute atomic E-state index is 10.9. The minimum Gasteiger partial charge on any atom is -0.390 e. The molecule has 0 heterocycles. The quantitative estimate of drug-likeness (QED) is 0.730. The zero-order valence-electron chi connectivity index (χ0n) is 13.3. The van der Waals surface area contributed by atoms with Crippen molar-refractivity contribution in [2.45, 2.75) is 64.9 Å². The lowest BCUT2D eigenvalue weighted by molar-refractivity contribution is -0.0276. The van der Waals surface area contributed by atoms with Gasteiger partial charge in [0.05, 0.1) is 15.6 Å². The molecule has 1 aliphatic rings. The van der Waals surface area contributed by atoms with Crippen molar-refractivity contribution < 1.29 is 5.11 Å². The average molecular weight is 329 g/mol. The van der Waals surface area contributed by atoms with Gasteiger partial charge in [-0.2, -0.15) is 0 Å². The van der Waals surface area contributed by atoms with E-state index in [1.165, 1.54) is 6.42 Å². The van der Waals surface area contributed by atoms with Gasteiger partial charge in [0.1, 0.15) is 0 Å². The molecule has 0 saturated heterocycles. The van der Waals surface area contributed by atoms with Crippen LogP contribution in [-0.2, 0) is 6.42 Å². The first-order chi connectivity index (χ1) is 9.76. The van der Waals surface area contributed by atoms with Crippen LogP contribution >= 0.6 is 23.2 Å². The normalized spacial score (nSPS) is 26.9. The highest BCUT2D eigenvalue weighted by Crippen LogP contribution is 2.44. The second-order valence-corrected chi connectivity index (χ2v) is 8.08. The predicted octanol–water partition coefficient (Wildman–Crippen LogP) is 5.89. The molecular weight excluding hydrogens is 303 g/mol. The largest absolute Gasteiger partial charge is 0.390 e. The Balaban J connectivity index is 2.00. The van der Waals surface area contributed by atoms with Gasteiger partial charge in [-0.15, -0.1) is 0 Å². The van der Waals surface area contributed by atoms with Gasteiger partial charge in [0.25, 0.3) is 0 Å². The molecule has 3 heteroatoms. The van der Waals surface area contributed by atoms with Gasteiger partial charge in [0, 0.05) is 6.42 Å². The van der Waals surface area contributed by atoms with Gasteiger partial charge < -0.3 is 5.11 Å². The Bertz CT molecular complexity index is 488. The smallest absolute Gasteiger partial charge is 0.0688 e. The predicted molar refractivity (Wildman–Crippen MR) is 91.1 cm³/mol. The minimum atomic E-state index is -0.586. The van der Waals surface area contributed by atoms with Crippen molar-refractivity contribution in [3.05, 3.63) is 33.8 Å². The van der Waals surface area contributed by atoms with Crippen LogP contribution in [0.5, 0.6) is 0 Å². The Morgan fingerprint density at radius 1 is 1.19 bits per heavy atom. The lowest BCUT2D eigenvalue weighted by atomic mass is 9.65. The van der Waals surface area contributed by atoms with E-state index < -0.39 is 5.60 Å². The minimum absolute atomic E-state index is 0.380. The van der Waals surface area contributed by atoms with Crippen LogP contribution in [0.15, 0.2) is 18.2 Å². The summed E-state index contributed by atoms with van der Waals surface area (Å²) in [5, 5.41) is 12.0. The molecule has 118 valence electrons. The molecule has 0 atom stereocenters. The molecular formula is C18H26Cl2O. The highest BCUT2D eigenvalue weighted by molar-refractivity contribution is 6.42. The van der Waals surface area contributed by atoms with Crippen LogP contribution in [0.3, 0.4) is 0 Å². The third-order valence-corrected chi connectivity index (χ3v) is 6.19. The van der Waals surface area contributed by atoms with Gasteiger partial charge in [0.2, 0.25) is 0 Å². The van der Waals surface area contributed by atoms with E-state index in [1.807, 2.05) is 18.2 Å². The summed E-state index contributed by atoms with van der Waals surface area (Å²) in [6.45, 7) is 6.96. The molecule has 0 amide bonds. The summed E-state index contributed by atoms with van der Waals surface area (Å²) in [5.41, 5.74) is 0.864. The highest BCUT2D eigenvalue weighted by atomic mass is 35.5. The fourth-order valence-corrected chi connectivity index (χ4v) is 3.75. The Hall–Kier alpha value is -0.240. The zero-order chi connectivity index (χ0) is 15.7. The lowest BCUT2D eigenvalue weighted by Gasteiger charge is -2.42. The van der Waals surface area contributed by atoms with Gasteiger partial charge in [-0.1, -0.05) is 56.5 Å². The molecule has 1 aliphatic carbocycles. The van der Waals surface area contributed by atoms with Crippen LogP contribution in [0.25, 0.3) is 0 Å². The molecule has 1 nitrogen and oxygen atoms in total. The fraction of sp³-hybridized carbons (Fsp3) is 0.667. The van der Waals surface area contributed by atoms with Gasteiger partial charge in [-0.25, -0.2) is 0 Å². The second-order valence-electron chi connectivity index (χ2n) is 7.27. The molecule has 1 saturated carbocycles. The summed E-state index contributed by atoms with van der Waals surface area (Å²) in [6, 6.07) is 5.66. The van der Waals surface area contributed by atoms with Gasteiger partial charge >= 0.3 is 0 Å². The standard InChI is InChI=1S/C18H26Cl2O/c1-4-17(2,3)14-7-9-18(21,10-8-14)12-13-5-6-15(19)16(20)11-13/h5-6,11,14,21H,4,7-10,12H2,1-3H3. The first-order valence-electron chi connectivity index (χ1n) is 7.92. The van der Waals surface area contributed by atoms with Crippen molar-refractivity contribution >= 4 is 23.2 Å². The van der Waals surface area contributed by atoms with E-state index in [-0.39, 0.29) is 0 Å². The third-order valence-electron chi connectivity index (χ3n) is 5.45. The number of benzene rings is 1. The summed E-state index contributed by atoms with van der Waals surface area (Å²) in [4.78, 5) is 0. The molecule has 1 aromatic carbocycles. The summed E-state index contributed by atoms with van der Waals surface area (Å²) in [6.07, 6.45) is 5.84. The number of hydrogen-bond acceptors (Lipinski definition) is 1. The van der Waals surface area contributed by atoms with Crippen LogP contribution in [0.1, 0.15) is 58.4 Å². The fourth-order valence-electron chi connectivity index (χ4n) is 3.43. The van der Waals surface area contributed by atoms with Crippen molar-refractivity contribution in [2.24, 2.45) is 11.3 Å². The Morgan fingerprint density at radius 2 is 1.81 bits per heavy atom. The van der Waals surface area contributed by atoms with Crippen LogP contribution in [0.4, 0.5) is 0 Å². The van der Waals surface area contributed by atoms with Gasteiger partial charge in [0.15, 0.2) is 0 Å². The van der Waals surface area contributed by atoms with E-state index in [0.29, 0.717) is 21.9 Å². The Kier molecular flexibility index (Phi) is 5.28. The molecule has 0 radical (unpaired) electrons. The molecule has 0 unspecified atom stereocenters. The summed E-state index contributed by atoms with van der Waals surface area (Å²) >= 11 is 12.0. The summed E-state index contributed by atoms with van der Waals surface area (Å²) < 4.78 is 0. The monoisotopic (exact) mass is 328 g/mol. The van der Waals surface area contributed by atoms with Crippen LogP contribution in [0, 0.1) is 11.3 Å².